The van der Waals surface area contributed by atoms with Crippen LogP contribution >= 0.6 is 0 Å². The fourth-order valence-corrected chi connectivity index (χ4v) is 3.92. The summed E-state index contributed by atoms with van der Waals surface area (Å²) in [5.41, 5.74) is 2.58. The SMILES string of the molecule is CC[C@@H](NC(=O)c1cc(C(=O)NC[C@H](C)C(=O)N(C)C)n2c1COCC2)c1ccccc1. The highest BCUT2D eigenvalue weighted by Crippen LogP contribution is 2.23. The molecule has 0 saturated heterocycles. The number of rotatable bonds is 8. The molecular formula is C24H32N4O4. The second-order valence-electron chi connectivity index (χ2n) is 8.28. The summed E-state index contributed by atoms with van der Waals surface area (Å²) in [7, 11) is 3.38. The van der Waals surface area contributed by atoms with Crippen molar-refractivity contribution >= 4 is 17.7 Å². The standard InChI is InChI=1S/C24H32N4O4/c1-5-19(17-9-7-6-8-10-17)26-22(29)18-13-20(28-11-12-32-15-21(18)28)23(30)25-14-16(2)24(31)27(3)4/h6-10,13,16,19H,5,11-12,14-15H2,1-4H3,(H,25,30)(H,26,29)/t16-,19+/m0/s1. The molecule has 8 nitrogen and oxygen atoms in total. The van der Waals surface area contributed by atoms with Gasteiger partial charge in [0.15, 0.2) is 0 Å². The number of hydrogen-bond donors (Lipinski definition) is 2. The molecule has 32 heavy (non-hydrogen) atoms. The molecule has 3 rings (SSSR count). The van der Waals surface area contributed by atoms with Crippen molar-refractivity contribution in [3.8, 4) is 0 Å². The summed E-state index contributed by atoms with van der Waals surface area (Å²) in [5, 5.41) is 5.92. The quantitative estimate of drug-likeness (QED) is 0.659. The van der Waals surface area contributed by atoms with Crippen molar-refractivity contribution in [3.05, 3.63) is 58.9 Å². The molecule has 1 aliphatic rings. The van der Waals surface area contributed by atoms with Crippen LogP contribution in [0.1, 0.15) is 58.4 Å². The lowest BCUT2D eigenvalue weighted by Gasteiger charge is -2.21. The van der Waals surface area contributed by atoms with Crippen molar-refractivity contribution < 1.29 is 19.1 Å². The fraction of sp³-hybridized carbons (Fsp3) is 0.458. The highest BCUT2D eigenvalue weighted by molar-refractivity contribution is 6.01. The third kappa shape index (κ3) is 5.19. The number of nitrogens with zero attached hydrogens (tertiary/aromatic N) is 2. The van der Waals surface area contributed by atoms with Crippen LogP contribution in [0, 0.1) is 5.92 Å². The van der Waals surface area contributed by atoms with Crippen LogP contribution in [0.3, 0.4) is 0 Å². The number of hydrogen-bond acceptors (Lipinski definition) is 4. The third-order valence-electron chi connectivity index (χ3n) is 5.73. The van der Waals surface area contributed by atoms with Gasteiger partial charge in [-0.1, -0.05) is 44.2 Å². The van der Waals surface area contributed by atoms with E-state index in [9.17, 15) is 14.4 Å². The lowest BCUT2D eigenvalue weighted by molar-refractivity contribution is -0.132. The second kappa shape index (κ2) is 10.5. The Morgan fingerprint density at radius 1 is 1.16 bits per heavy atom. The van der Waals surface area contributed by atoms with Crippen molar-refractivity contribution in [1.29, 1.82) is 0 Å². The van der Waals surface area contributed by atoms with E-state index in [4.69, 9.17) is 4.74 Å². The summed E-state index contributed by atoms with van der Waals surface area (Å²) in [5.74, 6) is -0.930. The highest BCUT2D eigenvalue weighted by Gasteiger charge is 2.27. The fourth-order valence-electron chi connectivity index (χ4n) is 3.92. The molecule has 8 heteroatoms. The Hall–Kier alpha value is -3.13. The summed E-state index contributed by atoms with van der Waals surface area (Å²) in [4.78, 5) is 39.7. The molecule has 1 aromatic heterocycles. The molecule has 0 fully saturated rings. The average molecular weight is 441 g/mol. The molecule has 1 aromatic carbocycles. The molecule has 172 valence electrons. The van der Waals surface area contributed by atoms with Gasteiger partial charge in [0, 0.05) is 27.2 Å². The zero-order valence-corrected chi connectivity index (χ0v) is 19.2. The maximum Gasteiger partial charge on any atom is 0.267 e. The third-order valence-corrected chi connectivity index (χ3v) is 5.73. The van der Waals surface area contributed by atoms with Gasteiger partial charge in [0.1, 0.15) is 5.69 Å². The van der Waals surface area contributed by atoms with E-state index >= 15 is 0 Å². The Kier molecular flexibility index (Phi) is 7.69. The molecule has 3 amide bonds. The normalized spacial score (nSPS) is 14.8. The second-order valence-corrected chi connectivity index (χ2v) is 8.28. The molecule has 0 radical (unpaired) electrons. The monoisotopic (exact) mass is 440 g/mol. The van der Waals surface area contributed by atoms with Crippen LogP contribution in [0.25, 0.3) is 0 Å². The molecule has 2 atom stereocenters. The lowest BCUT2D eigenvalue weighted by Crippen LogP contribution is -2.37. The smallest absolute Gasteiger partial charge is 0.267 e. The van der Waals surface area contributed by atoms with Gasteiger partial charge in [0.2, 0.25) is 5.91 Å². The van der Waals surface area contributed by atoms with Gasteiger partial charge in [0.05, 0.1) is 36.4 Å². The van der Waals surface area contributed by atoms with Crippen LogP contribution in [0.5, 0.6) is 0 Å². The van der Waals surface area contributed by atoms with Gasteiger partial charge in [-0.05, 0) is 18.1 Å². The van der Waals surface area contributed by atoms with Crippen LogP contribution in [-0.2, 0) is 22.7 Å². The highest BCUT2D eigenvalue weighted by atomic mass is 16.5. The van der Waals surface area contributed by atoms with E-state index < -0.39 is 0 Å². The number of ether oxygens (including phenoxy) is 1. The average Bonchev–Trinajstić information content (AvgIpc) is 3.20. The summed E-state index contributed by atoms with van der Waals surface area (Å²) in [6.45, 7) is 5.25. The number of carbonyl (C=O) groups is 3. The van der Waals surface area contributed by atoms with Crippen LogP contribution in [0.4, 0.5) is 0 Å². The van der Waals surface area contributed by atoms with E-state index in [1.165, 1.54) is 4.90 Å². The van der Waals surface area contributed by atoms with Gasteiger partial charge in [0.25, 0.3) is 11.8 Å². The minimum atomic E-state index is -0.341. The predicted octanol–water partition coefficient (Wildman–Crippen LogP) is 2.35. The Morgan fingerprint density at radius 2 is 1.88 bits per heavy atom. The molecule has 0 spiro atoms. The first-order valence-electron chi connectivity index (χ1n) is 11.0. The minimum Gasteiger partial charge on any atom is -0.373 e. The molecule has 1 aliphatic heterocycles. The number of carbonyl (C=O) groups excluding carboxylic acids is 3. The number of nitrogens with one attached hydrogen (secondary N) is 2. The molecule has 2 aromatic rings. The zero-order valence-electron chi connectivity index (χ0n) is 19.2. The Labute approximate surface area is 188 Å². The maximum absolute atomic E-state index is 13.2. The Morgan fingerprint density at radius 3 is 2.53 bits per heavy atom. The van der Waals surface area contributed by atoms with Gasteiger partial charge >= 0.3 is 0 Å². The van der Waals surface area contributed by atoms with Crippen LogP contribution in [-0.4, -0.2) is 54.4 Å². The topological polar surface area (TPSA) is 92.7 Å². The van der Waals surface area contributed by atoms with Gasteiger partial charge in [-0.25, -0.2) is 0 Å². The molecule has 2 N–H and O–H groups in total. The predicted molar refractivity (Wildman–Crippen MR) is 121 cm³/mol. The Bertz CT molecular complexity index is 968. The van der Waals surface area contributed by atoms with Crippen molar-refractivity contribution in [2.75, 3.05) is 27.2 Å². The van der Waals surface area contributed by atoms with E-state index in [2.05, 4.69) is 10.6 Å². The molecule has 0 bridgehead atoms. The molecule has 0 unspecified atom stereocenters. The minimum absolute atomic E-state index is 0.0533. The van der Waals surface area contributed by atoms with Crippen molar-refractivity contribution in [2.45, 2.75) is 39.5 Å². The zero-order chi connectivity index (χ0) is 23.3. The number of fused-ring (bicyclic) bond motifs is 1. The summed E-state index contributed by atoms with van der Waals surface area (Å²) >= 11 is 0. The number of aromatic nitrogens is 1. The molecule has 0 aliphatic carbocycles. The first-order valence-corrected chi connectivity index (χ1v) is 11.0. The molecule has 2 heterocycles. The lowest BCUT2D eigenvalue weighted by atomic mass is 10.0. The van der Waals surface area contributed by atoms with E-state index in [0.29, 0.717) is 30.1 Å². The van der Waals surface area contributed by atoms with Gasteiger partial charge in [-0.2, -0.15) is 0 Å². The number of benzene rings is 1. The molecular weight excluding hydrogens is 408 g/mol. The van der Waals surface area contributed by atoms with E-state index in [1.807, 2.05) is 41.8 Å². The van der Waals surface area contributed by atoms with Gasteiger partial charge in [-0.15, -0.1) is 0 Å². The van der Waals surface area contributed by atoms with Crippen molar-refractivity contribution in [2.24, 2.45) is 5.92 Å². The van der Waals surface area contributed by atoms with Gasteiger partial charge in [-0.3, -0.25) is 14.4 Å². The van der Waals surface area contributed by atoms with E-state index in [0.717, 1.165) is 12.0 Å². The molecule has 0 saturated carbocycles. The van der Waals surface area contributed by atoms with Gasteiger partial charge < -0.3 is 24.8 Å². The van der Waals surface area contributed by atoms with E-state index in [-0.39, 0.29) is 42.8 Å². The Balaban J connectivity index is 1.78. The van der Waals surface area contributed by atoms with Crippen LogP contribution < -0.4 is 10.6 Å². The van der Waals surface area contributed by atoms with Crippen LogP contribution in [0.2, 0.25) is 0 Å². The maximum atomic E-state index is 13.2. The summed E-state index contributed by atoms with van der Waals surface area (Å²) in [6.07, 6.45) is 0.743. The summed E-state index contributed by atoms with van der Waals surface area (Å²) < 4.78 is 7.41. The van der Waals surface area contributed by atoms with Crippen LogP contribution in [0.15, 0.2) is 36.4 Å². The largest absolute Gasteiger partial charge is 0.373 e. The van der Waals surface area contributed by atoms with Crippen molar-refractivity contribution in [1.82, 2.24) is 20.1 Å². The first kappa shape index (κ1) is 23.5. The van der Waals surface area contributed by atoms with Crippen molar-refractivity contribution in [3.63, 3.8) is 0 Å². The first-order chi connectivity index (χ1) is 15.3. The number of amides is 3. The summed E-state index contributed by atoms with van der Waals surface area (Å²) in [6, 6.07) is 11.3. The van der Waals surface area contributed by atoms with E-state index in [1.54, 1.807) is 27.1 Å².